The van der Waals surface area contributed by atoms with E-state index in [1.54, 1.807) is 0 Å². The summed E-state index contributed by atoms with van der Waals surface area (Å²) in [4.78, 5) is 13.1. The number of carbonyl (C=O) groups is 1. The highest BCUT2D eigenvalue weighted by atomic mass is 32.1. The minimum atomic E-state index is -0.889. The lowest BCUT2D eigenvalue weighted by molar-refractivity contribution is -0.128. The normalized spacial score (nSPS) is 18.0. The molecule has 0 aliphatic heterocycles. The number of nitrogens with zero attached hydrogens (tertiary/aromatic N) is 1. The first-order valence-electron chi connectivity index (χ1n) is 7.51. The molecule has 1 aromatic heterocycles. The summed E-state index contributed by atoms with van der Waals surface area (Å²) in [6.07, 6.45) is 2.33. The molecule has 2 aromatic rings. The number of hydrogen-bond acceptors (Lipinski definition) is 4. The predicted octanol–water partition coefficient (Wildman–Crippen LogP) is 3.13. The van der Waals surface area contributed by atoms with Gasteiger partial charge in [-0.25, -0.2) is 0 Å². The van der Waals surface area contributed by atoms with Gasteiger partial charge in [-0.2, -0.15) is 5.26 Å². The molecule has 1 heterocycles. The fourth-order valence-corrected chi connectivity index (χ4v) is 4.04. The second-order valence-electron chi connectivity index (χ2n) is 5.81. The molecule has 3 rings (SSSR count). The van der Waals surface area contributed by atoms with Crippen LogP contribution in [0.2, 0.25) is 0 Å². The van der Waals surface area contributed by atoms with Gasteiger partial charge in [-0.05, 0) is 30.4 Å². The van der Waals surface area contributed by atoms with Gasteiger partial charge in [-0.15, -0.1) is 11.3 Å². The van der Waals surface area contributed by atoms with Crippen molar-refractivity contribution in [1.29, 1.82) is 5.26 Å². The molecule has 0 radical (unpaired) electrons. The molecule has 0 saturated heterocycles. The average molecular weight is 314 g/mol. The van der Waals surface area contributed by atoms with E-state index in [9.17, 15) is 15.2 Å². The first-order chi connectivity index (χ1) is 10.6. The third-order valence-corrected chi connectivity index (χ3v) is 5.55. The number of aliphatic hydroxyl groups excluding tert-OH is 1. The van der Waals surface area contributed by atoms with Gasteiger partial charge >= 0.3 is 0 Å². The summed E-state index contributed by atoms with van der Waals surface area (Å²) in [5.74, 6) is -0.243. The maximum atomic E-state index is 12.3. The van der Waals surface area contributed by atoms with E-state index in [4.69, 9.17) is 0 Å². The Morgan fingerprint density at radius 3 is 2.82 bits per heavy atom. The second kappa shape index (κ2) is 6.07. The Kier molecular flexibility index (Phi) is 4.14. The third-order valence-electron chi connectivity index (χ3n) is 4.33. The highest BCUT2D eigenvalue weighted by Crippen LogP contribution is 2.37. The van der Waals surface area contributed by atoms with Crippen LogP contribution in [-0.4, -0.2) is 17.6 Å². The van der Waals surface area contributed by atoms with E-state index in [0.717, 1.165) is 27.8 Å². The maximum absolute atomic E-state index is 12.3. The number of thiophene rings is 1. The molecule has 1 aliphatic rings. The number of amides is 1. The number of carbonyl (C=O) groups excluding carboxylic acids is 1. The minimum Gasteiger partial charge on any atom is -0.386 e. The van der Waals surface area contributed by atoms with E-state index >= 15 is 0 Å². The zero-order valence-electron chi connectivity index (χ0n) is 12.2. The monoisotopic (exact) mass is 314 g/mol. The lowest BCUT2D eigenvalue weighted by Gasteiger charge is -2.20. The Morgan fingerprint density at radius 1 is 1.41 bits per heavy atom. The molecule has 4 nitrogen and oxygen atoms in total. The van der Waals surface area contributed by atoms with Gasteiger partial charge in [-0.1, -0.05) is 31.0 Å². The van der Waals surface area contributed by atoms with E-state index in [-0.39, 0.29) is 12.5 Å². The third kappa shape index (κ3) is 2.72. The van der Waals surface area contributed by atoms with Crippen LogP contribution in [0.25, 0.3) is 10.1 Å². The summed E-state index contributed by atoms with van der Waals surface area (Å²) in [5.41, 5.74) is -0.889. The molecule has 5 heteroatoms. The summed E-state index contributed by atoms with van der Waals surface area (Å²) in [6, 6.07) is 12.1. The fourth-order valence-electron chi connectivity index (χ4n) is 2.99. The summed E-state index contributed by atoms with van der Waals surface area (Å²) >= 11 is 1.53. The highest BCUT2D eigenvalue weighted by Gasteiger charge is 2.41. The lowest BCUT2D eigenvalue weighted by Crippen LogP contribution is -2.40. The van der Waals surface area contributed by atoms with Gasteiger partial charge in [0.15, 0.2) is 0 Å². The quantitative estimate of drug-likeness (QED) is 0.910. The van der Waals surface area contributed by atoms with Crippen molar-refractivity contribution in [2.24, 2.45) is 5.41 Å². The maximum Gasteiger partial charge on any atom is 0.240 e. The van der Waals surface area contributed by atoms with Crippen LogP contribution in [-0.2, 0) is 4.79 Å². The number of rotatable bonds is 4. The van der Waals surface area contributed by atoms with Crippen LogP contribution < -0.4 is 5.32 Å². The van der Waals surface area contributed by atoms with E-state index in [2.05, 4.69) is 11.4 Å². The molecule has 1 unspecified atom stereocenters. The van der Waals surface area contributed by atoms with Gasteiger partial charge in [0.2, 0.25) is 5.91 Å². The van der Waals surface area contributed by atoms with Gasteiger partial charge in [0.05, 0.1) is 6.07 Å². The van der Waals surface area contributed by atoms with Crippen molar-refractivity contribution in [2.45, 2.75) is 31.8 Å². The molecule has 1 aromatic carbocycles. The van der Waals surface area contributed by atoms with Crippen molar-refractivity contribution < 1.29 is 9.90 Å². The van der Waals surface area contributed by atoms with Crippen LogP contribution in [0.3, 0.4) is 0 Å². The Labute approximate surface area is 133 Å². The topological polar surface area (TPSA) is 73.1 Å². The van der Waals surface area contributed by atoms with Crippen molar-refractivity contribution in [1.82, 2.24) is 5.32 Å². The standard InChI is InChI=1S/C17H18N2O2S/c18-11-17(7-3-4-8-17)16(21)19-10-13(20)15-9-12-5-1-2-6-14(12)22-15/h1-2,5-6,9,13,20H,3-4,7-8,10H2,(H,19,21). The summed E-state index contributed by atoms with van der Waals surface area (Å²) in [7, 11) is 0. The Morgan fingerprint density at radius 2 is 2.14 bits per heavy atom. The van der Waals surface area contributed by atoms with Crippen LogP contribution in [0.4, 0.5) is 0 Å². The molecule has 0 bridgehead atoms. The number of nitrogens with one attached hydrogen (secondary N) is 1. The summed E-state index contributed by atoms with van der Waals surface area (Å²) in [6.45, 7) is 0.148. The molecule has 2 N–H and O–H groups in total. The van der Waals surface area contributed by atoms with Gasteiger partial charge in [-0.3, -0.25) is 4.79 Å². The molecule has 0 spiro atoms. The molecule has 22 heavy (non-hydrogen) atoms. The largest absolute Gasteiger partial charge is 0.386 e. The van der Waals surface area contributed by atoms with E-state index < -0.39 is 11.5 Å². The number of fused-ring (bicyclic) bond motifs is 1. The van der Waals surface area contributed by atoms with Crippen LogP contribution in [0, 0.1) is 16.7 Å². The zero-order valence-corrected chi connectivity index (χ0v) is 13.0. The Hall–Kier alpha value is -1.90. The van der Waals surface area contributed by atoms with Gasteiger partial charge in [0.25, 0.3) is 0 Å². The van der Waals surface area contributed by atoms with Gasteiger partial charge < -0.3 is 10.4 Å². The Bertz CT molecular complexity index is 693. The lowest BCUT2D eigenvalue weighted by atomic mass is 9.87. The minimum absolute atomic E-state index is 0.148. The number of hydrogen-bond donors (Lipinski definition) is 2. The molecule has 1 atom stereocenters. The van der Waals surface area contributed by atoms with E-state index in [1.165, 1.54) is 11.3 Å². The molecule has 114 valence electrons. The fraction of sp³-hybridized carbons (Fsp3) is 0.412. The zero-order chi connectivity index (χ0) is 15.6. The van der Waals surface area contributed by atoms with Crippen molar-refractivity contribution in [3.8, 4) is 6.07 Å². The first-order valence-corrected chi connectivity index (χ1v) is 8.32. The molecular formula is C17H18N2O2S. The highest BCUT2D eigenvalue weighted by molar-refractivity contribution is 7.19. The van der Waals surface area contributed by atoms with Crippen LogP contribution in [0.1, 0.15) is 36.7 Å². The van der Waals surface area contributed by atoms with Crippen molar-refractivity contribution in [3.05, 3.63) is 35.2 Å². The molecule has 1 amide bonds. The summed E-state index contributed by atoms with van der Waals surface area (Å²) in [5, 5.41) is 23.4. The molecular weight excluding hydrogens is 296 g/mol. The van der Waals surface area contributed by atoms with Crippen molar-refractivity contribution >= 4 is 27.3 Å². The van der Waals surface area contributed by atoms with Gasteiger partial charge in [0, 0.05) is 16.1 Å². The molecule has 1 saturated carbocycles. The van der Waals surface area contributed by atoms with Crippen LogP contribution >= 0.6 is 11.3 Å². The van der Waals surface area contributed by atoms with E-state index in [1.807, 2.05) is 30.3 Å². The molecule has 1 fully saturated rings. The Balaban J connectivity index is 1.66. The van der Waals surface area contributed by atoms with Gasteiger partial charge in [0.1, 0.15) is 11.5 Å². The number of benzene rings is 1. The van der Waals surface area contributed by atoms with Crippen LogP contribution in [0.15, 0.2) is 30.3 Å². The second-order valence-corrected chi connectivity index (χ2v) is 6.93. The van der Waals surface area contributed by atoms with Crippen molar-refractivity contribution in [2.75, 3.05) is 6.54 Å². The smallest absolute Gasteiger partial charge is 0.240 e. The number of aliphatic hydroxyl groups is 1. The van der Waals surface area contributed by atoms with E-state index in [0.29, 0.717) is 12.8 Å². The molecule has 1 aliphatic carbocycles. The summed E-state index contributed by atoms with van der Waals surface area (Å²) < 4.78 is 1.12. The predicted molar refractivity (Wildman–Crippen MR) is 86.3 cm³/mol. The van der Waals surface area contributed by atoms with Crippen molar-refractivity contribution in [3.63, 3.8) is 0 Å². The van der Waals surface area contributed by atoms with Crippen LogP contribution in [0.5, 0.6) is 0 Å². The SMILES string of the molecule is N#CC1(C(=O)NCC(O)c2cc3ccccc3s2)CCCC1. The first kappa shape index (κ1) is 15.0. The average Bonchev–Trinajstić information content (AvgIpc) is 3.19. The number of nitriles is 1.